The number of amides is 2. The summed E-state index contributed by atoms with van der Waals surface area (Å²) in [6.45, 7) is 0. The molecule has 1 saturated carbocycles. The maximum Gasteiger partial charge on any atom is 0.237 e. The van der Waals surface area contributed by atoms with Crippen molar-refractivity contribution < 1.29 is 9.59 Å². The minimum Gasteiger partial charge on any atom is -0.399 e. The number of imide groups is 1. The molecule has 1 aliphatic carbocycles. The Balaban J connectivity index is 1.80. The summed E-state index contributed by atoms with van der Waals surface area (Å²) in [6, 6.07) is 7.62. The third-order valence-corrected chi connectivity index (χ3v) is 5.88. The number of carbonyl (C=O) groups is 2. The van der Waals surface area contributed by atoms with Gasteiger partial charge in [-0.15, -0.1) is 0 Å². The molecule has 4 nitrogen and oxygen atoms in total. The maximum absolute atomic E-state index is 12.8. The number of piperidine rings is 1. The molecule has 0 radical (unpaired) electrons. The quantitative estimate of drug-likeness (QED) is 0.503. The number of benzene rings is 1. The van der Waals surface area contributed by atoms with Crippen LogP contribution in [0.4, 0.5) is 5.69 Å². The molecule has 0 aromatic heterocycles. The average molecular weight is 328 g/mol. The number of rotatable bonds is 4. The van der Waals surface area contributed by atoms with E-state index in [4.69, 9.17) is 5.73 Å². The molecule has 3 rings (SSSR count). The highest BCUT2D eigenvalue weighted by Gasteiger charge is 2.44. The Labute approximate surface area is 144 Å². The van der Waals surface area contributed by atoms with E-state index in [0.717, 1.165) is 18.4 Å². The summed E-state index contributed by atoms with van der Waals surface area (Å²) >= 11 is 0. The third kappa shape index (κ3) is 3.63. The fourth-order valence-corrected chi connectivity index (χ4v) is 4.31. The van der Waals surface area contributed by atoms with E-state index in [-0.39, 0.29) is 11.8 Å². The summed E-state index contributed by atoms with van der Waals surface area (Å²) in [6.07, 6.45) is 10.8. The molecule has 4 heteroatoms. The lowest BCUT2D eigenvalue weighted by Gasteiger charge is -2.37. The van der Waals surface area contributed by atoms with Crippen LogP contribution in [-0.4, -0.2) is 11.8 Å². The molecule has 1 unspecified atom stereocenters. The first-order chi connectivity index (χ1) is 11.6. The van der Waals surface area contributed by atoms with E-state index in [1.807, 2.05) is 24.3 Å². The fraction of sp³-hybridized carbons (Fsp3) is 0.600. The first kappa shape index (κ1) is 17.0. The van der Waals surface area contributed by atoms with Gasteiger partial charge in [-0.25, -0.2) is 0 Å². The van der Waals surface area contributed by atoms with Crippen molar-refractivity contribution in [2.24, 2.45) is 5.92 Å². The van der Waals surface area contributed by atoms with Crippen molar-refractivity contribution in [3.8, 4) is 0 Å². The van der Waals surface area contributed by atoms with Gasteiger partial charge < -0.3 is 5.73 Å². The largest absolute Gasteiger partial charge is 0.399 e. The Morgan fingerprint density at radius 3 is 2.33 bits per heavy atom. The monoisotopic (exact) mass is 328 g/mol. The molecule has 3 N–H and O–H groups in total. The lowest BCUT2D eigenvalue weighted by Crippen LogP contribution is -2.51. The minimum absolute atomic E-state index is 0.128. The van der Waals surface area contributed by atoms with Crippen molar-refractivity contribution >= 4 is 17.5 Å². The van der Waals surface area contributed by atoms with Gasteiger partial charge in [0, 0.05) is 12.1 Å². The normalized spacial score (nSPS) is 26.0. The summed E-state index contributed by atoms with van der Waals surface area (Å²) < 4.78 is 0. The van der Waals surface area contributed by atoms with E-state index in [0.29, 0.717) is 24.4 Å². The Morgan fingerprint density at radius 1 is 1.04 bits per heavy atom. The standard InChI is InChI=1S/C20H28N2O2/c21-17-9-7-16(8-10-17)20(14-12-18(23)22-19(20)24)13-11-15-5-3-1-2-4-6-15/h7-10,15H,1-6,11-14,21H2,(H,22,23,24). The molecule has 0 bridgehead atoms. The number of hydrogen-bond donors (Lipinski definition) is 2. The number of hydrogen-bond acceptors (Lipinski definition) is 3. The first-order valence-electron chi connectivity index (χ1n) is 9.30. The number of nitrogens with two attached hydrogens (primary N) is 1. The number of carbonyl (C=O) groups excluding carboxylic acids is 2. The van der Waals surface area contributed by atoms with Crippen LogP contribution in [-0.2, 0) is 15.0 Å². The van der Waals surface area contributed by atoms with Crippen LogP contribution in [0.5, 0.6) is 0 Å². The SMILES string of the molecule is Nc1ccc(C2(CCC3CCCCCC3)CCC(=O)NC2=O)cc1. The van der Waals surface area contributed by atoms with Gasteiger partial charge in [0.05, 0.1) is 5.41 Å². The van der Waals surface area contributed by atoms with Crippen LogP contribution in [0.25, 0.3) is 0 Å². The number of nitrogen functional groups attached to an aromatic ring is 1. The Morgan fingerprint density at radius 2 is 1.71 bits per heavy atom. The van der Waals surface area contributed by atoms with Crippen LogP contribution >= 0.6 is 0 Å². The molecule has 1 heterocycles. The molecule has 1 aliphatic heterocycles. The molecule has 2 aliphatic rings. The molecule has 0 spiro atoms. The van der Waals surface area contributed by atoms with E-state index >= 15 is 0 Å². The van der Waals surface area contributed by atoms with E-state index in [1.54, 1.807) is 0 Å². The highest BCUT2D eigenvalue weighted by Crippen LogP contribution is 2.40. The predicted octanol–water partition coefficient (Wildman–Crippen LogP) is 3.69. The number of nitrogens with one attached hydrogen (secondary N) is 1. The maximum atomic E-state index is 12.8. The summed E-state index contributed by atoms with van der Waals surface area (Å²) in [5, 5.41) is 2.57. The third-order valence-electron chi connectivity index (χ3n) is 5.88. The molecule has 130 valence electrons. The summed E-state index contributed by atoms with van der Waals surface area (Å²) in [4.78, 5) is 24.4. The summed E-state index contributed by atoms with van der Waals surface area (Å²) in [5.74, 6) is 0.432. The van der Waals surface area contributed by atoms with Crippen LogP contribution in [0.2, 0.25) is 0 Å². The molecule has 24 heavy (non-hydrogen) atoms. The molecule has 1 aromatic rings. The zero-order chi connectivity index (χ0) is 17.0. The van der Waals surface area contributed by atoms with Gasteiger partial charge in [-0.2, -0.15) is 0 Å². The second kappa shape index (κ2) is 7.37. The van der Waals surface area contributed by atoms with Gasteiger partial charge in [0.15, 0.2) is 0 Å². The van der Waals surface area contributed by atoms with Crippen LogP contribution in [0.15, 0.2) is 24.3 Å². The van der Waals surface area contributed by atoms with Crippen LogP contribution < -0.4 is 11.1 Å². The number of anilines is 1. The van der Waals surface area contributed by atoms with Crippen molar-refractivity contribution in [2.45, 2.75) is 69.6 Å². The van der Waals surface area contributed by atoms with Gasteiger partial charge in [-0.05, 0) is 42.9 Å². The van der Waals surface area contributed by atoms with Crippen molar-refractivity contribution in [1.82, 2.24) is 5.32 Å². The smallest absolute Gasteiger partial charge is 0.237 e. The lowest BCUT2D eigenvalue weighted by molar-refractivity contribution is -0.138. The van der Waals surface area contributed by atoms with Crippen molar-refractivity contribution in [3.63, 3.8) is 0 Å². The molecule has 1 aromatic carbocycles. The topological polar surface area (TPSA) is 72.2 Å². The fourth-order valence-electron chi connectivity index (χ4n) is 4.31. The molecule has 2 fully saturated rings. The lowest BCUT2D eigenvalue weighted by atomic mass is 9.69. The van der Waals surface area contributed by atoms with E-state index in [9.17, 15) is 9.59 Å². The van der Waals surface area contributed by atoms with E-state index < -0.39 is 5.41 Å². The molecular formula is C20H28N2O2. The predicted molar refractivity (Wildman–Crippen MR) is 95.3 cm³/mol. The Hall–Kier alpha value is -1.84. The van der Waals surface area contributed by atoms with Gasteiger partial charge >= 0.3 is 0 Å². The summed E-state index contributed by atoms with van der Waals surface area (Å²) in [7, 11) is 0. The van der Waals surface area contributed by atoms with Crippen LogP contribution in [0.1, 0.15) is 69.8 Å². The zero-order valence-corrected chi connectivity index (χ0v) is 14.4. The van der Waals surface area contributed by atoms with Crippen molar-refractivity contribution in [2.75, 3.05) is 5.73 Å². The second-order valence-corrected chi connectivity index (χ2v) is 7.48. The van der Waals surface area contributed by atoms with Gasteiger partial charge in [0.1, 0.15) is 0 Å². The Bertz CT molecular complexity index is 588. The highest BCUT2D eigenvalue weighted by atomic mass is 16.2. The Kier molecular flexibility index (Phi) is 5.22. The van der Waals surface area contributed by atoms with Gasteiger partial charge in [-0.3, -0.25) is 14.9 Å². The molecule has 1 atom stereocenters. The van der Waals surface area contributed by atoms with Crippen LogP contribution in [0, 0.1) is 5.92 Å². The second-order valence-electron chi connectivity index (χ2n) is 7.48. The molecule has 1 saturated heterocycles. The van der Waals surface area contributed by atoms with E-state index in [2.05, 4.69) is 5.32 Å². The highest BCUT2D eigenvalue weighted by molar-refractivity contribution is 6.03. The minimum atomic E-state index is -0.575. The average Bonchev–Trinajstić information content (AvgIpc) is 2.84. The first-order valence-corrected chi connectivity index (χ1v) is 9.30. The zero-order valence-electron chi connectivity index (χ0n) is 14.4. The van der Waals surface area contributed by atoms with Crippen molar-refractivity contribution in [1.29, 1.82) is 0 Å². The van der Waals surface area contributed by atoms with Gasteiger partial charge in [-0.1, -0.05) is 50.7 Å². The summed E-state index contributed by atoms with van der Waals surface area (Å²) in [5.41, 5.74) is 6.93. The van der Waals surface area contributed by atoms with E-state index in [1.165, 1.54) is 38.5 Å². The van der Waals surface area contributed by atoms with Crippen molar-refractivity contribution in [3.05, 3.63) is 29.8 Å². The van der Waals surface area contributed by atoms with Gasteiger partial charge in [0.25, 0.3) is 0 Å². The molecule has 2 amide bonds. The van der Waals surface area contributed by atoms with Crippen LogP contribution in [0.3, 0.4) is 0 Å². The molecular weight excluding hydrogens is 300 g/mol. The van der Waals surface area contributed by atoms with Gasteiger partial charge in [0.2, 0.25) is 11.8 Å².